The Bertz CT molecular complexity index is 394. The van der Waals surface area contributed by atoms with Crippen LogP contribution in [-0.2, 0) is 19.2 Å². The first-order valence-corrected chi connectivity index (χ1v) is 3.98. The fourth-order valence-corrected chi connectivity index (χ4v) is 1.37. The maximum absolute atomic E-state index is 11.3. The van der Waals surface area contributed by atoms with Crippen LogP contribution in [0, 0.1) is 0 Å². The summed E-state index contributed by atoms with van der Waals surface area (Å²) in [6.45, 7) is 0. The second kappa shape index (κ2) is 2.76. The first-order valence-electron chi connectivity index (χ1n) is 3.98. The SMILES string of the molecule is O=C1CC=C2NC(=O)C(=O)NC2C1=O. The zero-order valence-corrected chi connectivity index (χ0v) is 6.99. The fourth-order valence-electron chi connectivity index (χ4n) is 1.37. The van der Waals surface area contributed by atoms with Crippen molar-refractivity contribution in [3.63, 3.8) is 0 Å². The van der Waals surface area contributed by atoms with Gasteiger partial charge in [-0.05, 0) is 0 Å². The Kier molecular flexibility index (Phi) is 1.70. The topological polar surface area (TPSA) is 92.3 Å². The summed E-state index contributed by atoms with van der Waals surface area (Å²) in [5.41, 5.74) is 0.291. The Labute approximate surface area is 78.3 Å². The number of hydrogen-bond acceptors (Lipinski definition) is 4. The summed E-state index contributed by atoms with van der Waals surface area (Å²) < 4.78 is 0. The molecule has 1 unspecified atom stereocenters. The molecule has 14 heavy (non-hydrogen) atoms. The predicted octanol–water partition coefficient (Wildman–Crippen LogP) is -1.97. The molecule has 72 valence electrons. The number of Topliss-reactive ketones (excluding diaryl/α,β-unsaturated/α-hetero) is 2. The van der Waals surface area contributed by atoms with E-state index in [1.54, 1.807) is 0 Å². The summed E-state index contributed by atoms with van der Waals surface area (Å²) in [6, 6.07) is -0.999. The van der Waals surface area contributed by atoms with Crippen molar-refractivity contribution in [1.82, 2.24) is 10.6 Å². The number of carbonyl (C=O) groups is 4. The van der Waals surface area contributed by atoms with Gasteiger partial charge in [-0.2, -0.15) is 0 Å². The van der Waals surface area contributed by atoms with E-state index in [0.29, 0.717) is 5.70 Å². The summed E-state index contributed by atoms with van der Waals surface area (Å²) in [4.78, 5) is 44.0. The highest BCUT2D eigenvalue weighted by atomic mass is 16.2. The van der Waals surface area contributed by atoms with Crippen molar-refractivity contribution >= 4 is 23.4 Å². The van der Waals surface area contributed by atoms with Crippen LogP contribution in [0.1, 0.15) is 6.42 Å². The van der Waals surface area contributed by atoms with Crippen molar-refractivity contribution in [1.29, 1.82) is 0 Å². The first-order chi connectivity index (χ1) is 6.59. The van der Waals surface area contributed by atoms with Crippen molar-refractivity contribution in [3.8, 4) is 0 Å². The van der Waals surface area contributed by atoms with E-state index in [1.165, 1.54) is 6.08 Å². The van der Waals surface area contributed by atoms with Gasteiger partial charge in [0.15, 0.2) is 0 Å². The van der Waals surface area contributed by atoms with Gasteiger partial charge >= 0.3 is 11.8 Å². The monoisotopic (exact) mass is 194 g/mol. The summed E-state index contributed by atoms with van der Waals surface area (Å²) in [5.74, 6) is -2.95. The molecule has 6 heteroatoms. The van der Waals surface area contributed by atoms with Gasteiger partial charge in [-0.1, -0.05) is 6.08 Å². The van der Waals surface area contributed by atoms with E-state index in [0.717, 1.165) is 0 Å². The molecule has 1 fully saturated rings. The average molecular weight is 194 g/mol. The van der Waals surface area contributed by atoms with Crippen LogP contribution < -0.4 is 10.6 Å². The van der Waals surface area contributed by atoms with Gasteiger partial charge in [0.2, 0.25) is 11.6 Å². The second-order valence-corrected chi connectivity index (χ2v) is 3.01. The number of piperazine rings is 1. The van der Waals surface area contributed by atoms with Gasteiger partial charge < -0.3 is 10.6 Å². The zero-order chi connectivity index (χ0) is 10.3. The lowest BCUT2D eigenvalue weighted by Crippen LogP contribution is -2.59. The molecule has 1 atom stereocenters. The van der Waals surface area contributed by atoms with Gasteiger partial charge in [0.1, 0.15) is 6.04 Å². The maximum Gasteiger partial charge on any atom is 0.313 e. The maximum atomic E-state index is 11.3. The van der Waals surface area contributed by atoms with Crippen LogP contribution in [0.3, 0.4) is 0 Å². The number of amides is 2. The number of allylic oxidation sites excluding steroid dienone is 1. The van der Waals surface area contributed by atoms with Crippen molar-refractivity contribution in [2.24, 2.45) is 0 Å². The molecule has 0 spiro atoms. The number of hydrogen-bond donors (Lipinski definition) is 2. The summed E-state index contributed by atoms with van der Waals surface area (Å²) in [6.07, 6.45) is 1.41. The molecule has 1 heterocycles. The van der Waals surface area contributed by atoms with Crippen LogP contribution in [0.15, 0.2) is 11.8 Å². The molecular formula is C8H6N2O4. The lowest BCUT2D eigenvalue weighted by molar-refractivity contribution is -0.144. The molecule has 0 bridgehead atoms. The summed E-state index contributed by atoms with van der Waals surface area (Å²) in [5, 5.41) is 4.41. The van der Waals surface area contributed by atoms with Gasteiger partial charge in [-0.25, -0.2) is 0 Å². The van der Waals surface area contributed by atoms with Crippen molar-refractivity contribution in [2.75, 3.05) is 0 Å². The molecule has 1 aliphatic heterocycles. The van der Waals surface area contributed by atoms with Crippen LogP contribution in [0.2, 0.25) is 0 Å². The Morgan fingerprint density at radius 3 is 2.57 bits per heavy atom. The van der Waals surface area contributed by atoms with Crippen LogP contribution in [0.4, 0.5) is 0 Å². The first kappa shape index (κ1) is 8.61. The number of ketones is 2. The van der Waals surface area contributed by atoms with Crippen LogP contribution in [-0.4, -0.2) is 29.4 Å². The molecule has 2 rings (SSSR count). The van der Waals surface area contributed by atoms with Gasteiger partial charge in [0, 0.05) is 12.1 Å². The Morgan fingerprint density at radius 2 is 1.86 bits per heavy atom. The van der Waals surface area contributed by atoms with Gasteiger partial charge in [0.05, 0.1) is 0 Å². The van der Waals surface area contributed by atoms with E-state index in [-0.39, 0.29) is 6.42 Å². The predicted molar refractivity (Wildman–Crippen MR) is 42.8 cm³/mol. The van der Waals surface area contributed by atoms with Crippen molar-refractivity contribution in [3.05, 3.63) is 11.8 Å². The molecular weight excluding hydrogens is 188 g/mol. The fraction of sp³-hybridized carbons (Fsp3) is 0.250. The minimum atomic E-state index is -0.999. The standard InChI is InChI=1S/C8H6N2O4/c11-4-2-1-3-5(6(4)12)10-8(14)7(13)9-3/h1,5H,2H2,(H,9,13)(H,10,14). The third-order valence-corrected chi connectivity index (χ3v) is 2.09. The van der Waals surface area contributed by atoms with Crippen LogP contribution >= 0.6 is 0 Å². The quantitative estimate of drug-likeness (QED) is 0.437. The van der Waals surface area contributed by atoms with Crippen molar-refractivity contribution in [2.45, 2.75) is 12.5 Å². The largest absolute Gasteiger partial charge is 0.332 e. The molecule has 6 nitrogen and oxygen atoms in total. The average Bonchev–Trinajstić information content (AvgIpc) is 2.15. The minimum Gasteiger partial charge on any atom is -0.332 e. The molecule has 0 saturated carbocycles. The smallest absolute Gasteiger partial charge is 0.313 e. The lowest BCUT2D eigenvalue weighted by atomic mass is 9.95. The molecule has 1 saturated heterocycles. The minimum absolute atomic E-state index is 0.0270. The van der Waals surface area contributed by atoms with E-state index >= 15 is 0 Å². The molecule has 2 amide bonds. The van der Waals surface area contributed by atoms with Gasteiger partial charge in [0.25, 0.3) is 0 Å². The number of nitrogens with one attached hydrogen (secondary N) is 2. The summed E-state index contributed by atoms with van der Waals surface area (Å²) >= 11 is 0. The molecule has 0 aromatic carbocycles. The van der Waals surface area contributed by atoms with Crippen molar-refractivity contribution < 1.29 is 19.2 Å². The highest BCUT2D eigenvalue weighted by Gasteiger charge is 2.38. The van der Waals surface area contributed by atoms with Crippen LogP contribution in [0.25, 0.3) is 0 Å². The normalized spacial score (nSPS) is 26.3. The Hall–Kier alpha value is -1.98. The molecule has 0 aromatic rings. The highest BCUT2D eigenvalue weighted by molar-refractivity contribution is 6.44. The van der Waals surface area contributed by atoms with E-state index < -0.39 is 29.4 Å². The number of rotatable bonds is 0. The summed E-state index contributed by atoms with van der Waals surface area (Å²) in [7, 11) is 0. The zero-order valence-electron chi connectivity index (χ0n) is 6.99. The number of carbonyl (C=O) groups excluding carboxylic acids is 4. The van der Waals surface area contributed by atoms with E-state index in [9.17, 15) is 19.2 Å². The molecule has 1 aliphatic carbocycles. The third-order valence-electron chi connectivity index (χ3n) is 2.09. The number of fused-ring (bicyclic) bond motifs is 1. The Morgan fingerprint density at radius 1 is 1.14 bits per heavy atom. The lowest BCUT2D eigenvalue weighted by Gasteiger charge is -2.27. The van der Waals surface area contributed by atoms with Gasteiger partial charge in [-0.3, -0.25) is 19.2 Å². The molecule has 2 aliphatic rings. The Balaban J connectivity index is 2.35. The molecule has 0 aromatic heterocycles. The van der Waals surface area contributed by atoms with E-state index in [1.807, 2.05) is 0 Å². The second-order valence-electron chi connectivity index (χ2n) is 3.01. The highest BCUT2D eigenvalue weighted by Crippen LogP contribution is 2.13. The van der Waals surface area contributed by atoms with Crippen LogP contribution in [0.5, 0.6) is 0 Å². The molecule has 2 N–H and O–H groups in total. The third kappa shape index (κ3) is 1.12. The van der Waals surface area contributed by atoms with E-state index in [4.69, 9.17) is 0 Å². The van der Waals surface area contributed by atoms with E-state index in [2.05, 4.69) is 10.6 Å². The molecule has 0 radical (unpaired) electrons. The van der Waals surface area contributed by atoms with Gasteiger partial charge in [-0.15, -0.1) is 0 Å².